The lowest BCUT2D eigenvalue weighted by atomic mass is 10.0. The largest absolute Gasteiger partial charge is 0.352 e. The first kappa shape index (κ1) is 20.7. The maximum atomic E-state index is 12.6. The van der Waals surface area contributed by atoms with Gasteiger partial charge in [-0.25, -0.2) is 4.79 Å². The summed E-state index contributed by atoms with van der Waals surface area (Å²) in [5, 5.41) is 5.89. The normalized spacial score (nSPS) is 12.7. The summed E-state index contributed by atoms with van der Waals surface area (Å²) < 4.78 is 0. The number of aryl methyl sites for hydroxylation is 1. The maximum Gasteiger partial charge on any atom is 0.322 e. The van der Waals surface area contributed by atoms with Gasteiger partial charge in [-0.15, -0.1) is 0 Å². The van der Waals surface area contributed by atoms with Gasteiger partial charge in [-0.2, -0.15) is 0 Å². The third kappa shape index (κ3) is 5.51. The number of urea groups is 1. The highest BCUT2D eigenvalue weighted by molar-refractivity contribution is 5.95. The van der Waals surface area contributed by atoms with Crippen molar-refractivity contribution in [1.29, 1.82) is 0 Å². The second-order valence-electron chi connectivity index (χ2n) is 7.79. The molecule has 31 heavy (non-hydrogen) atoms. The second-order valence-corrected chi connectivity index (χ2v) is 7.79. The molecule has 158 valence electrons. The molecule has 0 atom stereocenters. The maximum absolute atomic E-state index is 12.6. The minimum atomic E-state index is -0.118. The molecule has 0 aliphatic carbocycles. The highest BCUT2D eigenvalue weighted by Crippen LogP contribution is 2.19. The zero-order valence-electron chi connectivity index (χ0n) is 17.5. The summed E-state index contributed by atoms with van der Waals surface area (Å²) in [6.45, 7) is 1.94. The summed E-state index contributed by atoms with van der Waals surface area (Å²) in [4.78, 5) is 26.8. The van der Waals surface area contributed by atoms with E-state index >= 15 is 0 Å². The van der Waals surface area contributed by atoms with Gasteiger partial charge in [0, 0.05) is 30.9 Å². The highest BCUT2D eigenvalue weighted by Gasteiger charge is 2.20. The molecule has 4 rings (SSSR count). The van der Waals surface area contributed by atoms with Crippen LogP contribution >= 0.6 is 0 Å². The summed E-state index contributed by atoms with van der Waals surface area (Å²) >= 11 is 0. The minimum Gasteiger partial charge on any atom is -0.352 e. The van der Waals surface area contributed by atoms with Crippen LogP contribution in [0.4, 0.5) is 10.5 Å². The summed E-state index contributed by atoms with van der Waals surface area (Å²) in [5.74, 6) is -0.0985. The van der Waals surface area contributed by atoms with Crippen LogP contribution in [0, 0.1) is 0 Å². The van der Waals surface area contributed by atoms with E-state index < -0.39 is 0 Å². The Morgan fingerprint density at radius 1 is 0.839 bits per heavy atom. The molecule has 0 saturated heterocycles. The zero-order chi connectivity index (χ0) is 21.5. The third-order valence-electron chi connectivity index (χ3n) is 5.59. The number of rotatable bonds is 6. The number of carbonyl (C=O) groups is 2. The number of hydrogen-bond acceptors (Lipinski definition) is 2. The zero-order valence-corrected chi connectivity index (χ0v) is 17.5. The predicted octanol–water partition coefficient (Wildman–Crippen LogP) is 4.64. The van der Waals surface area contributed by atoms with Gasteiger partial charge in [0.15, 0.2) is 0 Å². The molecule has 0 radical (unpaired) electrons. The highest BCUT2D eigenvalue weighted by atomic mass is 16.2. The van der Waals surface area contributed by atoms with E-state index in [-0.39, 0.29) is 11.9 Å². The predicted molar refractivity (Wildman–Crippen MR) is 123 cm³/mol. The quantitative estimate of drug-likeness (QED) is 0.579. The lowest BCUT2D eigenvalue weighted by molar-refractivity contribution is 0.0953. The molecule has 3 aromatic carbocycles. The molecule has 0 saturated carbocycles. The van der Waals surface area contributed by atoms with E-state index in [4.69, 9.17) is 0 Å². The van der Waals surface area contributed by atoms with Crippen molar-refractivity contribution in [3.05, 3.63) is 101 Å². The van der Waals surface area contributed by atoms with Crippen molar-refractivity contribution in [2.75, 3.05) is 18.4 Å². The Bertz CT molecular complexity index is 1030. The molecule has 0 fully saturated rings. The van der Waals surface area contributed by atoms with Crippen LogP contribution in [0.15, 0.2) is 78.9 Å². The van der Waals surface area contributed by atoms with Crippen molar-refractivity contribution in [1.82, 2.24) is 10.2 Å². The summed E-state index contributed by atoms with van der Waals surface area (Å²) in [5.41, 5.74) is 5.05. The fraction of sp³-hybridized carbons (Fsp3) is 0.231. The van der Waals surface area contributed by atoms with Crippen molar-refractivity contribution in [3.8, 4) is 0 Å². The van der Waals surface area contributed by atoms with E-state index in [1.807, 2.05) is 35.2 Å². The number of fused-ring (bicyclic) bond motifs is 1. The molecular weight excluding hydrogens is 386 g/mol. The van der Waals surface area contributed by atoms with Gasteiger partial charge < -0.3 is 15.5 Å². The lowest BCUT2D eigenvalue weighted by Crippen LogP contribution is -2.38. The Morgan fingerprint density at radius 2 is 1.55 bits per heavy atom. The van der Waals surface area contributed by atoms with Crippen LogP contribution < -0.4 is 10.6 Å². The Kier molecular flexibility index (Phi) is 6.62. The van der Waals surface area contributed by atoms with Gasteiger partial charge in [0.2, 0.25) is 0 Å². The van der Waals surface area contributed by atoms with E-state index in [0.29, 0.717) is 30.9 Å². The summed E-state index contributed by atoms with van der Waals surface area (Å²) in [6.07, 6.45) is 2.70. The molecule has 1 aliphatic heterocycles. The smallest absolute Gasteiger partial charge is 0.322 e. The Hall–Kier alpha value is -3.60. The number of nitrogens with one attached hydrogen (secondary N) is 2. The van der Waals surface area contributed by atoms with E-state index in [1.165, 1.54) is 16.7 Å². The van der Waals surface area contributed by atoms with Crippen LogP contribution in [0.1, 0.15) is 33.5 Å². The Morgan fingerprint density at radius 3 is 2.32 bits per heavy atom. The first-order chi connectivity index (χ1) is 15.2. The van der Waals surface area contributed by atoms with E-state index in [1.54, 1.807) is 24.3 Å². The Labute approximate surface area is 183 Å². The molecule has 3 aromatic rings. The molecule has 0 bridgehead atoms. The number of amides is 3. The molecule has 2 N–H and O–H groups in total. The van der Waals surface area contributed by atoms with Gasteiger partial charge >= 0.3 is 6.03 Å². The molecule has 3 amide bonds. The second kappa shape index (κ2) is 9.94. The minimum absolute atomic E-state index is 0.0985. The molecule has 0 aromatic heterocycles. The fourth-order valence-corrected chi connectivity index (χ4v) is 3.82. The SMILES string of the molecule is O=C(NCCCc1ccccc1)c1ccc(NC(=O)N2CCc3ccccc3C2)cc1. The number of carbonyl (C=O) groups excluding carboxylic acids is 2. The van der Waals surface area contributed by atoms with E-state index in [9.17, 15) is 9.59 Å². The van der Waals surface area contributed by atoms with Gasteiger partial charge in [0.05, 0.1) is 0 Å². The van der Waals surface area contributed by atoms with Crippen molar-refractivity contribution in [2.24, 2.45) is 0 Å². The van der Waals surface area contributed by atoms with Crippen LogP contribution in [0.25, 0.3) is 0 Å². The van der Waals surface area contributed by atoms with Gasteiger partial charge in [-0.3, -0.25) is 4.79 Å². The molecule has 5 nitrogen and oxygen atoms in total. The van der Waals surface area contributed by atoms with Crippen LogP contribution in [0.5, 0.6) is 0 Å². The van der Waals surface area contributed by atoms with Gasteiger partial charge in [0.1, 0.15) is 0 Å². The van der Waals surface area contributed by atoms with Crippen LogP contribution in [0.2, 0.25) is 0 Å². The van der Waals surface area contributed by atoms with Gasteiger partial charge in [0.25, 0.3) is 5.91 Å². The average molecular weight is 414 g/mol. The molecule has 0 spiro atoms. The van der Waals surface area contributed by atoms with Crippen molar-refractivity contribution >= 4 is 17.6 Å². The number of nitrogens with zero attached hydrogens (tertiary/aromatic N) is 1. The molecule has 1 aliphatic rings. The van der Waals surface area contributed by atoms with Gasteiger partial charge in [-0.05, 0) is 60.2 Å². The number of anilines is 1. The van der Waals surface area contributed by atoms with Crippen LogP contribution in [-0.4, -0.2) is 29.9 Å². The van der Waals surface area contributed by atoms with Crippen LogP contribution in [0.3, 0.4) is 0 Å². The van der Waals surface area contributed by atoms with Gasteiger partial charge in [-0.1, -0.05) is 54.6 Å². The third-order valence-corrected chi connectivity index (χ3v) is 5.59. The van der Waals surface area contributed by atoms with E-state index in [0.717, 1.165) is 19.3 Å². The van der Waals surface area contributed by atoms with Crippen molar-refractivity contribution < 1.29 is 9.59 Å². The monoisotopic (exact) mass is 413 g/mol. The number of hydrogen-bond donors (Lipinski definition) is 2. The molecular formula is C26H27N3O2. The lowest BCUT2D eigenvalue weighted by Gasteiger charge is -2.29. The Balaban J connectivity index is 1.24. The fourth-order valence-electron chi connectivity index (χ4n) is 3.82. The summed E-state index contributed by atoms with van der Waals surface area (Å²) in [6, 6.07) is 25.4. The first-order valence-corrected chi connectivity index (χ1v) is 10.7. The molecule has 0 unspecified atom stereocenters. The first-order valence-electron chi connectivity index (χ1n) is 10.7. The molecule has 1 heterocycles. The van der Waals surface area contributed by atoms with Crippen molar-refractivity contribution in [2.45, 2.75) is 25.8 Å². The summed E-state index contributed by atoms with van der Waals surface area (Å²) in [7, 11) is 0. The topological polar surface area (TPSA) is 61.4 Å². The molecule has 5 heteroatoms. The van der Waals surface area contributed by atoms with Crippen molar-refractivity contribution in [3.63, 3.8) is 0 Å². The average Bonchev–Trinajstić information content (AvgIpc) is 2.82. The standard InChI is InChI=1S/C26H27N3O2/c30-25(27-17-6-9-20-7-2-1-3-8-20)22-12-14-24(15-13-22)28-26(31)29-18-16-21-10-4-5-11-23(21)19-29/h1-5,7-8,10-15H,6,9,16-19H2,(H,27,30)(H,28,31). The number of benzene rings is 3. The van der Waals surface area contributed by atoms with Crippen LogP contribution in [-0.2, 0) is 19.4 Å². The van der Waals surface area contributed by atoms with E-state index in [2.05, 4.69) is 34.9 Å².